The van der Waals surface area contributed by atoms with E-state index in [1.54, 1.807) is 0 Å². The van der Waals surface area contributed by atoms with Crippen molar-refractivity contribution in [2.45, 2.75) is 45.4 Å². The van der Waals surface area contributed by atoms with Gasteiger partial charge in [-0.15, -0.1) is 0 Å². The third-order valence-electron chi connectivity index (χ3n) is 4.31. The van der Waals surface area contributed by atoms with Gasteiger partial charge in [0.05, 0.1) is 0 Å². The second-order valence-electron chi connectivity index (χ2n) is 5.34. The van der Waals surface area contributed by atoms with E-state index in [0.717, 1.165) is 11.3 Å². The van der Waals surface area contributed by atoms with E-state index in [4.69, 9.17) is 0 Å². The summed E-state index contributed by atoms with van der Waals surface area (Å²) in [5, 5.41) is 0. The van der Waals surface area contributed by atoms with Gasteiger partial charge in [0.25, 0.3) is 0 Å². The second kappa shape index (κ2) is 3.61. The summed E-state index contributed by atoms with van der Waals surface area (Å²) in [5.41, 5.74) is 0.797. The van der Waals surface area contributed by atoms with Crippen LogP contribution in [0.2, 0.25) is 0 Å². The van der Waals surface area contributed by atoms with Crippen LogP contribution in [0.3, 0.4) is 0 Å². The zero-order valence-corrected chi connectivity index (χ0v) is 9.18. The van der Waals surface area contributed by atoms with E-state index in [1.165, 1.54) is 51.6 Å². The molecule has 0 unspecified atom stereocenters. The first kappa shape index (κ1) is 9.51. The molecular weight excluding hydrogens is 158 g/mol. The molecule has 0 N–H and O–H groups in total. The predicted octanol–water partition coefficient (Wildman–Crippen LogP) is 2.91. The molecule has 1 atom stereocenters. The molecule has 1 aliphatic carbocycles. The first-order valence-corrected chi connectivity index (χ1v) is 5.93. The van der Waals surface area contributed by atoms with Crippen LogP contribution in [0.4, 0.5) is 0 Å². The van der Waals surface area contributed by atoms with Crippen molar-refractivity contribution in [3.05, 3.63) is 0 Å². The summed E-state index contributed by atoms with van der Waals surface area (Å²) in [7, 11) is 2.29. The van der Waals surface area contributed by atoms with Crippen molar-refractivity contribution in [2.24, 2.45) is 11.3 Å². The molecule has 1 heterocycles. The van der Waals surface area contributed by atoms with Crippen molar-refractivity contribution < 1.29 is 0 Å². The summed E-state index contributed by atoms with van der Waals surface area (Å²) in [4.78, 5) is 2.54. The van der Waals surface area contributed by atoms with E-state index in [9.17, 15) is 0 Å². The smallest absolute Gasteiger partial charge is 0.000671 e. The number of likely N-dealkylation sites (tertiary alicyclic amines) is 1. The zero-order chi connectivity index (χ0) is 9.31. The Morgan fingerprint density at radius 1 is 1.31 bits per heavy atom. The van der Waals surface area contributed by atoms with Crippen LogP contribution in [-0.2, 0) is 0 Å². The lowest BCUT2D eigenvalue weighted by atomic mass is 9.63. The van der Waals surface area contributed by atoms with Crippen molar-refractivity contribution in [1.82, 2.24) is 4.90 Å². The zero-order valence-electron chi connectivity index (χ0n) is 9.18. The predicted molar refractivity (Wildman–Crippen MR) is 56.8 cm³/mol. The van der Waals surface area contributed by atoms with Gasteiger partial charge in [0.15, 0.2) is 0 Å². The highest BCUT2D eigenvalue weighted by Crippen LogP contribution is 2.50. The highest BCUT2D eigenvalue weighted by molar-refractivity contribution is 4.92. The average Bonchev–Trinajstić information content (AvgIpc) is 2.23. The molecule has 0 aromatic heterocycles. The molecule has 1 saturated heterocycles. The van der Waals surface area contributed by atoms with E-state index in [0.29, 0.717) is 0 Å². The van der Waals surface area contributed by atoms with Gasteiger partial charge >= 0.3 is 0 Å². The Morgan fingerprint density at radius 3 is 2.62 bits per heavy atom. The van der Waals surface area contributed by atoms with E-state index < -0.39 is 0 Å². The lowest BCUT2D eigenvalue weighted by molar-refractivity contribution is 0.0946. The SMILES string of the molecule is CC[C@H]1CN(C)CCC2(CCC2)C1. The highest BCUT2D eigenvalue weighted by atomic mass is 15.1. The average molecular weight is 181 g/mol. The molecule has 2 fully saturated rings. The topological polar surface area (TPSA) is 3.24 Å². The molecule has 1 heteroatoms. The van der Waals surface area contributed by atoms with Crippen molar-refractivity contribution in [1.29, 1.82) is 0 Å². The summed E-state index contributed by atoms with van der Waals surface area (Å²) in [5.74, 6) is 0.979. The van der Waals surface area contributed by atoms with Crippen LogP contribution in [0.5, 0.6) is 0 Å². The van der Waals surface area contributed by atoms with Gasteiger partial charge in [0, 0.05) is 6.54 Å². The molecule has 1 spiro atoms. The maximum atomic E-state index is 2.54. The molecule has 2 rings (SSSR count). The maximum absolute atomic E-state index is 2.54. The van der Waals surface area contributed by atoms with Gasteiger partial charge in [-0.2, -0.15) is 0 Å². The van der Waals surface area contributed by atoms with Crippen LogP contribution < -0.4 is 0 Å². The number of hydrogen-bond acceptors (Lipinski definition) is 1. The normalized spacial score (nSPS) is 34.2. The van der Waals surface area contributed by atoms with E-state index in [2.05, 4.69) is 18.9 Å². The van der Waals surface area contributed by atoms with E-state index >= 15 is 0 Å². The van der Waals surface area contributed by atoms with Crippen molar-refractivity contribution in [3.63, 3.8) is 0 Å². The Hall–Kier alpha value is -0.0400. The molecule has 1 nitrogen and oxygen atoms in total. The fourth-order valence-electron chi connectivity index (χ4n) is 3.14. The minimum Gasteiger partial charge on any atom is -0.306 e. The summed E-state index contributed by atoms with van der Waals surface area (Å²) in [6.45, 7) is 5.05. The van der Waals surface area contributed by atoms with Crippen LogP contribution >= 0.6 is 0 Å². The summed E-state index contributed by atoms with van der Waals surface area (Å²) in [6.07, 6.45) is 8.93. The molecule has 2 aliphatic rings. The van der Waals surface area contributed by atoms with Crippen LogP contribution in [0.25, 0.3) is 0 Å². The van der Waals surface area contributed by atoms with E-state index in [-0.39, 0.29) is 0 Å². The summed E-state index contributed by atoms with van der Waals surface area (Å²) < 4.78 is 0. The molecule has 1 saturated carbocycles. The van der Waals surface area contributed by atoms with Gasteiger partial charge < -0.3 is 4.90 Å². The molecule has 13 heavy (non-hydrogen) atoms. The molecule has 0 bridgehead atoms. The largest absolute Gasteiger partial charge is 0.306 e. The van der Waals surface area contributed by atoms with Crippen molar-refractivity contribution in [3.8, 4) is 0 Å². The lowest BCUT2D eigenvalue weighted by Crippen LogP contribution is -2.31. The molecule has 0 amide bonds. The minimum atomic E-state index is 0.797. The Balaban J connectivity index is 1.99. The third-order valence-corrected chi connectivity index (χ3v) is 4.31. The Bertz CT molecular complexity index is 172. The van der Waals surface area contributed by atoms with Gasteiger partial charge in [-0.25, -0.2) is 0 Å². The van der Waals surface area contributed by atoms with Gasteiger partial charge in [-0.1, -0.05) is 19.8 Å². The molecule has 0 aromatic carbocycles. The summed E-state index contributed by atoms with van der Waals surface area (Å²) in [6, 6.07) is 0. The number of nitrogens with zero attached hydrogens (tertiary/aromatic N) is 1. The fraction of sp³-hybridized carbons (Fsp3) is 1.00. The van der Waals surface area contributed by atoms with Crippen molar-refractivity contribution in [2.75, 3.05) is 20.1 Å². The number of rotatable bonds is 1. The van der Waals surface area contributed by atoms with Gasteiger partial charge in [0.2, 0.25) is 0 Å². The second-order valence-corrected chi connectivity index (χ2v) is 5.34. The van der Waals surface area contributed by atoms with Crippen LogP contribution in [0.1, 0.15) is 45.4 Å². The molecule has 76 valence electrons. The van der Waals surface area contributed by atoms with Crippen LogP contribution in [0.15, 0.2) is 0 Å². The third kappa shape index (κ3) is 1.90. The quantitative estimate of drug-likeness (QED) is 0.601. The maximum Gasteiger partial charge on any atom is 0.000671 e. The Labute approximate surface area is 82.5 Å². The Kier molecular flexibility index (Phi) is 2.64. The first-order chi connectivity index (χ1) is 6.24. The molecular formula is C12H23N. The first-order valence-electron chi connectivity index (χ1n) is 5.93. The monoisotopic (exact) mass is 181 g/mol. The number of hydrogen-bond donors (Lipinski definition) is 0. The van der Waals surface area contributed by atoms with E-state index in [1.807, 2.05) is 0 Å². The fourth-order valence-corrected chi connectivity index (χ4v) is 3.14. The van der Waals surface area contributed by atoms with Gasteiger partial charge in [-0.3, -0.25) is 0 Å². The van der Waals surface area contributed by atoms with Crippen molar-refractivity contribution >= 4 is 0 Å². The summed E-state index contributed by atoms with van der Waals surface area (Å²) >= 11 is 0. The molecule has 0 radical (unpaired) electrons. The van der Waals surface area contributed by atoms with Gasteiger partial charge in [0.1, 0.15) is 0 Å². The standard InChI is InChI=1S/C12H23N/c1-3-11-9-12(5-4-6-12)7-8-13(2)10-11/h11H,3-10H2,1-2H3/t11-/m1/s1. The molecule has 0 aromatic rings. The minimum absolute atomic E-state index is 0.797. The van der Waals surface area contributed by atoms with Gasteiger partial charge in [-0.05, 0) is 50.6 Å². The lowest BCUT2D eigenvalue weighted by Gasteiger charge is -2.42. The van der Waals surface area contributed by atoms with Crippen LogP contribution in [-0.4, -0.2) is 25.0 Å². The Morgan fingerprint density at radius 2 is 2.08 bits per heavy atom. The highest BCUT2D eigenvalue weighted by Gasteiger charge is 2.39. The molecule has 1 aliphatic heterocycles. The van der Waals surface area contributed by atoms with Crippen LogP contribution in [0, 0.1) is 11.3 Å².